The molecule has 0 bridgehead atoms. The Balaban J connectivity index is 1.70. The van der Waals surface area contributed by atoms with Gasteiger partial charge < -0.3 is 14.8 Å². The predicted molar refractivity (Wildman–Crippen MR) is 144 cm³/mol. The van der Waals surface area contributed by atoms with E-state index >= 15 is 0 Å². The summed E-state index contributed by atoms with van der Waals surface area (Å²) < 4.78 is 10.7. The van der Waals surface area contributed by atoms with Crippen LogP contribution in [0.3, 0.4) is 0 Å². The highest BCUT2D eigenvalue weighted by Crippen LogP contribution is 2.27. The molecular formula is C27H25Cl2N3O5. The summed E-state index contributed by atoms with van der Waals surface area (Å²) in [6.07, 6.45) is 1.31. The maximum Gasteiger partial charge on any atom is 0.347 e. The zero-order valence-electron chi connectivity index (χ0n) is 20.6. The van der Waals surface area contributed by atoms with Gasteiger partial charge in [-0.15, -0.1) is 0 Å². The van der Waals surface area contributed by atoms with Crippen molar-refractivity contribution in [1.82, 2.24) is 5.43 Å². The number of rotatable bonds is 7. The van der Waals surface area contributed by atoms with Gasteiger partial charge in [0.2, 0.25) is 5.91 Å². The molecule has 0 radical (unpaired) electrons. The van der Waals surface area contributed by atoms with E-state index in [0.717, 1.165) is 0 Å². The number of carbonyl (C=O) groups excluding carboxylic acids is 3. The summed E-state index contributed by atoms with van der Waals surface area (Å²) in [6.45, 7) is 5.42. The van der Waals surface area contributed by atoms with Crippen molar-refractivity contribution in [2.45, 2.75) is 20.8 Å². The average Bonchev–Trinajstić information content (AvgIpc) is 2.85. The second-order valence-electron chi connectivity index (χ2n) is 8.90. The van der Waals surface area contributed by atoms with E-state index in [1.807, 2.05) is 20.8 Å². The van der Waals surface area contributed by atoms with Gasteiger partial charge in [0.1, 0.15) is 17.1 Å². The maximum atomic E-state index is 12.8. The Kier molecular flexibility index (Phi) is 8.91. The number of hydrazone groups is 1. The number of benzene rings is 3. The Hall–Kier alpha value is -3.88. The van der Waals surface area contributed by atoms with Gasteiger partial charge in [-0.3, -0.25) is 9.59 Å². The highest BCUT2D eigenvalue weighted by molar-refractivity contribution is 6.31. The summed E-state index contributed by atoms with van der Waals surface area (Å²) in [5.74, 6) is -0.850. The third kappa shape index (κ3) is 7.55. The van der Waals surface area contributed by atoms with E-state index < -0.39 is 17.3 Å². The number of amides is 2. The standard InChI is InChI=1S/C27H25Cl2N3O5/c1-27(2,3)26(35)31-20-9-5-16(6-10-20)24(33)32-30-15-17-13-18(28)7-11-22(17)37-25(34)21-14-19(29)8-12-23(21)36-4/h5-15H,1-4H3,(H,31,35)(H,32,33)/b30-15+. The molecule has 192 valence electrons. The number of hydrogen-bond donors (Lipinski definition) is 2. The average molecular weight is 542 g/mol. The zero-order valence-corrected chi connectivity index (χ0v) is 22.1. The van der Waals surface area contributed by atoms with Crippen LogP contribution in [0.4, 0.5) is 5.69 Å². The molecule has 8 nitrogen and oxygen atoms in total. The molecule has 0 aliphatic rings. The maximum absolute atomic E-state index is 12.8. The van der Waals surface area contributed by atoms with Gasteiger partial charge in [0, 0.05) is 32.3 Å². The Labute approximate surface area is 224 Å². The van der Waals surface area contributed by atoms with Crippen molar-refractivity contribution >= 4 is 52.9 Å². The minimum Gasteiger partial charge on any atom is -0.496 e. The van der Waals surface area contributed by atoms with Gasteiger partial charge in [-0.05, 0) is 60.7 Å². The van der Waals surface area contributed by atoms with E-state index in [1.54, 1.807) is 42.5 Å². The second kappa shape index (κ2) is 11.9. The van der Waals surface area contributed by atoms with Crippen LogP contribution in [0, 0.1) is 5.41 Å². The summed E-state index contributed by atoms with van der Waals surface area (Å²) in [6, 6.07) is 15.6. The van der Waals surface area contributed by atoms with Gasteiger partial charge in [0.25, 0.3) is 5.91 Å². The number of carbonyl (C=O) groups is 3. The molecule has 3 aromatic rings. The minimum atomic E-state index is -0.695. The van der Waals surface area contributed by atoms with E-state index in [9.17, 15) is 14.4 Å². The summed E-state index contributed by atoms with van der Waals surface area (Å²) in [4.78, 5) is 37.4. The van der Waals surface area contributed by atoms with Crippen LogP contribution in [0.1, 0.15) is 47.1 Å². The number of nitrogens with zero attached hydrogens (tertiary/aromatic N) is 1. The van der Waals surface area contributed by atoms with Crippen LogP contribution in [0.15, 0.2) is 65.8 Å². The van der Waals surface area contributed by atoms with Crippen molar-refractivity contribution in [1.29, 1.82) is 0 Å². The van der Waals surface area contributed by atoms with Crippen molar-refractivity contribution < 1.29 is 23.9 Å². The number of halogens is 2. The van der Waals surface area contributed by atoms with Crippen LogP contribution in [0.5, 0.6) is 11.5 Å². The molecule has 3 aromatic carbocycles. The third-order valence-electron chi connectivity index (χ3n) is 5.01. The number of nitrogens with one attached hydrogen (secondary N) is 2. The molecule has 0 saturated carbocycles. The van der Waals surface area contributed by atoms with E-state index in [1.165, 1.54) is 31.5 Å². The van der Waals surface area contributed by atoms with Gasteiger partial charge in [-0.2, -0.15) is 5.10 Å². The predicted octanol–water partition coefficient (Wildman–Crippen LogP) is 5.97. The topological polar surface area (TPSA) is 106 Å². The molecule has 3 rings (SSSR count). The molecule has 10 heteroatoms. The zero-order chi connectivity index (χ0) is 27.2. The van der Waals surface area contributed by atoms with Gasteiger partial charge in [-0.1, -0.05) is 44.0 Å². The van der Waals surface area contributed by atoms with Crippen LogP contribution in [-0.2, 0) is 4.79 Å². The van der Waals surface area contributed by atoms with E-state index in [4.69, 9.17) is 32.7 Å². The molecule has 0 heterocycles. The van der Waals surface area contributed by atoms with Crippen molar-refractivity contribution in [3.63, 3.8) is 0 Å². The smallest absolute Gasteiger partial charge is 0.347 e. The number of esters is 1. The Morgan fingerprint density at radius 2 is 1.51 bits per heavy atom. The second-order valence-corrected chi connectivity index (χ2v) is 9.77. The van der Waals surface area contributed by atoms with E-state index in [0.29, 0.717) is 32.6 Å². The fraction of sp³-hybridized carbons (Fsp3) is 0.185. The SMILES string of the molecule is COc1ccc(Cl)cc1C(=O)Oc1ccc(Cl)cc1/C=N/NC(=O)c1ccc(NC(=O)C(C)(C)C)cc1. The number of methoxy groups -OCH3 is 1. The molecule has 2 N–H and O–H groups in total. The van der Waals surface area contributed by atoms with Crippen LogP contribution in [-0.4, -0.2) is 31.1 Å². The summed E-state index contributed by atoms with van der Waals surface area (Å²) in [5, 5.41) is 7.47. The molecule has 0 atom stereocenters. The molecule has 2 amide bonds. The number of hydrogen-bond acceptors (Lipinski definition) is 6. The number of ether oxygens (including phenoxy) is 2. The summed E-state index contributed by atoms with van der Waals surface area (Å²) in [5.41, 5.74) is 3.26. The lowest BCUT2D eigenvalue weighted by Crippen LogP contribution is -2.27. The molecule has 0 aromatic heterocycles. The quantitative estimate of drug-likeness (QED) is 0.166. The van der Waals surface area contributed by atoms with E-state index in [-0.39, 0.29) is 17.2 Å². The first-order valence-electron chi connectivity index (χ1n) is 11.1. The summed E-state index contributed by atoms with van der Waals surface area (Å²) in [7, 11) is 1.43. The third-order valence-corrected chi connectivity index (χ3v) is 5.48. The Bertz CT molecular complexity index is 1350. The molecule has 0 spiro atoms. The van der Waals surface area contributed by atoms with E-state index in [2.05, 4.69) is 15.8 Å². The molecule has 37 heavy (non-hydrogen) atoms. The molecule has 0 saturated heterocycles. The molecule has 0 aliphatic carbocycles. The van der Waals surface area contributed by atoms with Crippen LogP contribution >= 0.6 is 23.2 Å². The van der Waals surface area contributed by atoms with Crippen molar-refractivity contribution in [3.05, 3.63) is 87.4 Å². The summed E-state index contributed by atoms with van der Waals surface area (Å²) >= 11 is 12.1. The minimum absolute atomic E-state index is 0.138. The van der Waals surface area contributed by atoms with Gasteiger partial charge >= 0.3 is 5.97 Å². The van der Waals surface area contributed by atoms with Gasteiger partial charge in [0.05, 0.1) is 13.3 Å². The first-order chi connectivity index (χ1) is 17.5. The number of anilines is 1. The van der Waals surface area contributed by atoms with Crippen molar-refractivity contribution in [2.75, 3.05) is 12.4 Å². The molecule has 0 aliphatic heterocycles. The lowest BCUT2D eigenvalue weighted by molar-refractivity contribution is -0.123. The Morgan fingerprint density at radius 1 is 0.892 bits per heavy atom. The lowest BCUT2D eigenvalue weighted by Gasteiger charge is -2.17. The first-order valence-corrected chi connectivity index (χ1v) is 11.8. The van der Waals surface area contributed by atoms with Crippen LogP contribution in [0.2, 0.25) is 10.0 Å². The van der Waals surface area contributed by atoms with Gasteiger partial charge in [-0.25, -0.2) is 10.2 Å². The highest BCUT2D eigenvalue weighted by atomic mass is 35.5. The fourth-order valence-electron chi connectivity index (χ4n) is 2.96. The highest BCUT2D eigenvalue weighted by Gasteiger charge is 2.21. The van der Waals surface area contributed by atoms with Crippen LogP contribution < -0.4 is 20.2 Å². The Morgan fingerprint density at radius 3 is 2.14 bits per heavy atom. The first kappa shape index (κ1) is 27.7. The van der Waals surface area contributed by atoms with Gasteiger partial charge in [0.15, 0.2) is 0 Å². The fourth-order valence-corrected chi connectivity index (χ4v) is 3.31. The molecular weight excluding hydrogens is 517 g/mol. The van der Waals surface area contributed by atoms with Crippen LogP contribution in [0.25, 0.3) is 0 Å². The molecule has 0 unspecified atom stereocenters. The lowest BCUT2D eigenvalue weighted by atomic mass is 9.95. The normalized spacial score (nSPS) is 11.2. The van der Waals surface area contributed by atoms with Crippen molar-refractivity contribution in [2.24, 2.45) is 10.5 Å². The van der Waals surface area contributed by atoms with Crippen molar-refractivity contribution in [3.8, 4) is 11.5 Å². The monoisotopic (exact) mass is 541 g/mol. The molecule has 0 fully saturated rings. The largest absolute Gasteiger partial charge is 0.496 e.